The van der Waals surface area contributed by atoms with E-state index in [0.717, 1.165) is 22.9 Å². The number of hydrogen-bond donors (Lipinski definition) is 4. The number of carbonyl (C=O) groups is 2. The molecule has 0 saturated carbocycles. The number of anilines is 1. The summed E-state index contributed by atoms with van der Waals surface area (Å²) in [4.78, 5) is 25.0. The number of rotatable bonds is 11. The molecule has 11 nitrogen and oxygen atoms in total. The van der Waals surface area contributed by atoms with E-state index in [0.29, 0.717) is 31.1 Å². The number of hydrogen-bond acceptors (Lipinski definition) is 13. The predicted molar refractivity (Wildman–Crippen MR) is 170 cm³/mol. The van der Waals surface area contributed by atoms with Crippen LogP contribution in [0, 0.1) is 27.7 Å². The standard InChI is InChI=1S/C30H31N3O8S3/c1-14-7-8-18(15(2)9-14)31-23(35)13-40-20-12-19(34)16(3)10-21(20)41-22-11-17(4)26(25(37)24(22)36)43-30-33-32-28(44-30)27(42-6)29(38)39-5/h7-12,27,34,36-37H,13H2,1-6H3,(H,31,35). The smallest absolute Gasteiger partial charge is 0.325 e. The summed E-state index contributed by atoms with van der Waals surface area (Å²) in [5.74, 6) is -1.85. The minimum absolute atomic E-state index is 0.0502. The lowest BCUT2D eigenvalue weighted by atomic mass is 10.1. The van der Waals surface area contributed by atoms with Gasteiger partial charge in [-0.25, -0.2) is 0 Å². The van der Waals surface area contributed by atoms with Crippen molar-refractivity contribution in [3.05, 3.63) is 63.7 Å². The largest absolute Gasteiger partial charge is 0.508 e. The summed E-state index contributed by atoms with van der Waals surface area (Å²) in [6.45, 7) is 6.83. The van der Waals surface area contributed by atoms with Gasteiger partial charge in [0.2, 0.25) is 5.75 Å². The maximum Gasteiger partial charge on any atom is 0.325 e. The first-order valence-electron chi connectivity index (χ1n) is 13.1. The van der Waals surface area contributed by atoms with Gasteiger partial charge in [-0.3, -0.25) is 9.59 Å². The number of methoxy groups -OCH3 is 1. The molecule has 4 aromatic rings. The number of ether oxygens (including phenoxy) is 3. The number of benzene rings is 3. The van der Waals surface area contributed by atoms with Crippen LogP contribution < -0.4 is 14.8 Å². The van der Waals surface area contributed by atoms with Crippen molar-refractivity contribution in [2.24, 2.45) is 0 Å². The number of esters is 1. The van der Waals surface area contributed by atoms with Crippen molar-refractivity contribution in [2.75, 3.05) is 25.3 Å². The zero-order valence-corrected chi connectivity index (χ0v) is 27.2. The van der Waals surface area contributed by atoms with Crippen molar-refractivity contribution in [3.63, 3.8) is 0 Å². The van der Waals surface area contributed by atoms with Crippen LogP contribution in [0.2, 0.25) is 0 Å². The molecule has 0 radical (unpaired) electrons. The third-order valence-electron chi connectivity index (χ3n) is 6.36. The number of amides is 1. The molecule has 1 aromatic heterocycles. The van der Waals surface area contributed by atoms with Crippen molar-refractivity contribution in [1.82, 2.24) is 10.2 Å². The number of nitrogens with one attached hydrogen (secondary N) is 1. The maximum absolute atomic E-state index is 12.6. The fourth-order valence-electron chi connectivity index (χ4n) is 4.05. The van der Waals surface area contributed by atoms with Crippen molar-refractivity contribution >= 4 is 52.4 Å². The Morgan fingerprint density at radius 3 is 2.34 bits per heavy atom. The highest BCUT2D eigenvalue weighted by Gasteiger charge is 2.26. The van der Waals surface area contributed by atoms with Gasteiger partial charge in [0.15, 0.2) is 39.2 Å². The van der Waals surface area contributed by atoms with Crippen LogP contribution in [0.1, 0.15) is 32.5 Å². The summed E-state index contributed by atoms with van der Waals surface area (Å²) < 4.78 is 16.9. The Morgan fingerprint density at radius 2 is 1.66 bits per heavy atom. The second-order valence-corrected chi connectivity index (χ2v) is 12.9. The Balaban J connectivity index is 1.54. The molecule has 0 spiro atoms. The number of phenols is 3. The summed E-state index contributed by atoms with van der Waals surface area (Å²) >= 11 is 3.51. The zero-order valence-electron chi connectivity index (χ0n) is 24.8. The number of nitrogens with zero attached hydrogens (tertiary/aromatic N) is 2. The third kappa shape index (κ3) is 7.49. The van der Waals surface area contributed by atoms with Gasteiger partial charge in [-0.05, 0) is 68.8 Å². The molecule has 4 N–H and O–H groups in total. The number of thioether (sulfide) groups is 1. The Hall–Kier alpha value is -4.14. The molecule has 232 valence electrons. The van der Waals surface area contributed by atoms with E-state index in [1.165, 1.54) is 48.4 Å². The van der Waals surface area contributed by atoms with E-state index in [4.69, 9.17) is 14.2 Å². The van der Waals surface area contributed by atoms with Crippen LogP contribution in [0.15, 0.2) is 45.6 Å². The van der Waals surface area contributed by atoms with Crippen LogP contribution in [0.4, 0.5) is 5.69 Å². The van der Waals surface area contributed by atoms with E-state index in [1.807, 2.05) is 32.0 Å². The van der Waals surface area contributed by atoms with Gasteiger partial charge in [-0.15, -0.1) is 22.0 Å². The lowest BCUT2D eigenvalue weighted by Gasteiger charge is -2.17. The summed E-state index contributed by atoms with van der Waals surface area (Å²) in [7, 11) is 1.30. The molecule has 3 aromatic carbocycles. The second kappa shape index (κ2) is 14.1. The van der Waals surface area contributed by atoms with E-state index in [-0.39, 0.29) is 29.6 Å². The van der Waals surface area contributed by atoms with E-state index in [1.54, 1.807) is 20.1 Å². The molecule has 1 amide bonds. The quantitative estimate of drug-likeness (QED) is 0.104. The normalized spacial score (nSPS) is 11.6. The van der Waals surface area contributed by atoms with Gasteiger partial charge in [0.05, 0.1) is 12.0 Å². The molecule has 14 heteroatoms. The Bertz CT molecular complexity index is 1710. The number of carbonyl (C=O) groups excluding carboxylic acids is 2. The van der Waals surface area contributed by atoms with Gasteiger partial charge in [0.25, 0.3) is 5.91 Å². The van der Waals surface area contributed by atoms with Crippen molar-refractivity contribution in [3.8, 4) is 34.5 Å². The number of phenolic OH excluding ortho intramolecular Hbond substituents is 3. The van der Waals surface area contributed by atoms with Gasteiger partial charge < -0.3 is 34.8 Å². The monoisotopic (exact) mass is 657 g/mol. The number of aromatic nitrogens is 2. The van der Waals surface area contributed by atoms with Crippen molar-refractivity contribution < 1.29 is 39.1 Å². The maximum atomic E-state index is 12.6. The lowest BCUT2D eigenvalue weighted by Crippen LogP contribution is -2.20. The summed E-state index contributed by atoms with van der Waals surface area (Å²) in [6.07, 6.45) is 1.76. The van der Waals surface area contributed by atoms with Crippen LogP contribution in [0.3, 0.4) is 0 Å². The molecule has 0 fully saturated rings. The highest BCUT2D eigenvalue weighted by molar-refractivity contribution is 8.01. The topological polar surface area (TPSA) is 160 Å². The molecule has 0 aliphatic rings. The van der Waals surface area contributed by atoms with Gasteiger partial charge in [-0.2, -0.15) is 0 Å². The third-order valence-corrected chi connectivity index (χ3v) is 9.66. The highest BCUT2D eigenvalue weighted by atomic mass is 32.2. The molecular weight excluding hydrogens is 627 g/mol. The van der Waals surface area contributed by atoms with Crippen LogP contribution in [0.25, 0.3) is 0 Å². The van der Waals surface area contributed by atoms with Gasteiger partial charge in [-0.1, -0.05) is 40.8 Å². The second-order valence-electron chi connectivity index (χ2n) is 9.71. The first-order valence-corrected chi connectivity index (χ1v) is 16.0. The highest BCUT2D eigenvalue weighted by Crippen LogP contribution is 2.50. The Morgan fingerprint density at radius 1 is 0.932 bits per heavy atom. The Kier molecular flexibility index (Phi) is 10.5. The van der Waals surface area contributed by atoms with Crippen LogP contribution in [0.5, 0.6) is 34.5 Å². The number of aromatic hydroxyl groups is 3. The fourth-order valence-corrected chi connectivity index (χ4v) is 6.91. The lowest BCUT2D eigenvalue weighted by molar-refractivity contribution is -0.140. The SMILES string of the molecule is COC(=O)C(SC)c1nnc(Sc2c(C)cc(Oc3cc(C)c(O)cc3OCC(=O)Nc3ccc(C)cc3C)c(O)c2O)s1. The van der Waals surface area contributed by atoms with Gasteiger partial charge >= 0.3 is 5.97 Å². The molecule has 1 unspecified atom stereocenters. The molecular formula is C30H31N3O8S3. The fraction of sp³-hybridized carbons (Fsp3) is 0.267. The molecule has 1 atom stereocenters. The molecule has 1 heterocycles. The van der Waals surface area contributed by atoms with E-state index < -0.39 is 28.6 Å². The van der Waals surface area contributed by atoms with Crippen molar-refractivity contribution in [1.29, 1.82) is 0 Å². The van der Waals surface area contributed by atoms with Crippen LogP contribution in [-0.4, -0.2) is 57.4 Å². The van der Waals surface area contributed by atoms with E-state index >= 15 is 0 Å². The molecule has 0 saturated heterocycles. The average molecular weight is 658 g/mol. The first kappa shape index (κ1) is 32.8. The minimum atomic E-state index is -0.631. The first-order chi connectivity index (χ1) is 20.9. The molecule has 0 bridgehead atoms. The minimum Gasteiger partial charge on any atom is -0.508 e. The average Bonchev–Trinajstić information content (AvgIpc) is 3.44. The summed E-state index contributed by atoms with van der Waals surface area (Å²) in [5, 5.41) is 42.9. The van der Waals surface area contributed by atoms with Crippen molar-refractivity contribution in [2.45, 2.75) is 42.2 Å². The van der Waals surface area contributed by atoms with Gasteiger partial charge in [0, 0.05) is 11.8 Å². The van der Waals surface area contributed by atoms with E-state index in [9.17, 15) is 24.9 Å². The molecule has 0 aliphatic heterocycles. The molecule has 44 heavy (non-hydrogen) atoms. The molecule has 0 aliphatic carbocycles. The van der Waals surface area contributed by atoms with Crippen LogP contribution >= 0.6 is 34.9 Å². The predicted octanol–water partition coefficient (Wildman–Crippen LogP) is 6.43. The van der Waals surface area contributed by atoms with Gasteiger partial charge in [0.1, 0.15) is 10.8 Å². The summed E-state index contributed by atoms with van der Waals surface area (Å²) in [6, 6.07) is 9.97. The summed E-state index contributed by atoms with van der Waals surface area (Å²) in [5.41, 5.74) is 3.64. The van der Waals surface area contributed by atoms with E-state index in [2.05, 4.69) is 15.5 Å². The Labute approximate surface area is 266 Å². The zero-order chi connectivity index (χ0) is 32.1. The molecule has 4 rings (SSSR count). The van der Waals surface area contributed by atoms with Crippen LogP contribution in [-0.2, 0) is 14.3 Å². The number of aryl methyl sites for hydroxylation is 4.